The number of amides is 2. The van der Waals surface area contributed by atoms with Gasteiger partial charge in [0.05, 0.1) is 18.5 Å². The number of pyridine rings is 3. The molecule has 0 aromatic carbocycles. The SMILES string of the molecule is CCCCOC(=O)N1CCN(c2ccc(Nc3cc(-c4ccnc(N5CCn6c(cc7c6CC(C)(C)C7)C5=O)c4COC(C)=O)cn(C)c3=O)nc2)CC1. The highest BCUT2D eigenvalue weighted by Crippen LogP contribution is 2.40. The molecule has 54 heavy (non-hydrogen) atoms. The van der Waals surface area contributed by atoms with Crippen LogP contribution in [0.25, 0.3) is 11.1 Å². The van der Waals surface area contributed by atoms with Gasteiger partial charge in [-0.05, 0) is 66.1 Å². The lowest BCUT2D eigenvalue weighted by atomic mass is 9.90. The summed E-state index contributed by atoms with van der Waals surface area (Å²) in [5.41, 5.74) is 6.13. The van der Waals surface area contributed by atoms with E-state index in [-0.39, 0.29) is 29.6 Å². The second kappa shape index (κ2) is 15.0. The number of fused-ring (bicyclic) bond motifs is 3. The van der Waals surface area contributed by atoms with Gasteiger partial charge in [-0.1, -0.05) is 27.2 Å². The van der Waals surface area contributed by atoms with Crippen molar-refractivity contribution in [2.45, 2.75) is 66.5 Å². The Morgan fingerprint density at radius 1 is 0.963 bits per heavy atom. The predicted molar refractivity (Wildman–Crippen MR) is 205 cm³/mol. The van der Waals surface area contributed by atoms with Crippen molar-refractivity contribution in [1.82, 2.24) is 24.0 Å². The molecule has 0 unspecified atom stereocenters. The Bertz CT molecular complexity index is 2130. The third-order valence-electron chi connectivity index (χ3n) is 10.5. The fourth-order valence-corrected chi connectivity index (χ4v) is 7.69. The molecular weight excluding hydrogens is 688 g/mol. The maximum Gasteiger partial charge on any atom is 0.409 e. The number of carbonyl (C=O) groups excluding carboxylic acids is 3. The molecule has 1 saturated heterocycles. The Hall–Kier alpha value is -5.66. The van der Waals surface area contributed by atoms with E-state index in [9.17, 15) is 19.2 Å². The summed E-state index contributed by atoms with van der Waals surface area (Å²) in [6, 6.07) is 9.32. The number of unbranched alkanes of at least 4 members (excludes halogenated alkanes) is 1. The van der Waals surface area contributed by atoms with E-state index in [1.807, 2.05) is 18.2 Å². The van der Waals surface area contributed by atoms with Crippen LogP contribution >= 0.6 is 0 Å². The molecule has 1 N–H and O–H groups in total. The standard InChI is InChI=1S/C40H48N8O6/c1-6-7-18-53-39(52)46-14-12-45(13-15-46)29-8-9-35(42-23-29)43-32-19-28(24-44(5)37(32)50)30-10-11-41-36(31(30)25-54-26(2)49)48-17-16-47-33(38(48)51)20-27-21-40(3,4)22-34(27)47/h8-11,19-20,23-24H,6-7,12-18,21-22,25H2,1-5H3,(H,42,43). The molecule has 7 rings (SSSR count). The molecule has 0 spiro atoms. The number of aromatic nitrogens is 4. The molecule has 14 nitrogen and oxygen atoms in total. The Morgan fingerprint density at radius 3 is 2.48 bits per heavy atom. The zero-order valence-electron chi connectivity index (χ0n) is 31.7. The number of anilines is 4. The van der Waals surface area contributed by atoms with Crippen LogP contribution in [0.5, 0.6) is 0 Å². The lowest BCUT2D eigenvalue weighted by Gasteiger charge is -2.35. The first-order valence-corrected chi connectivity index (χ1v) is 18.7. The van der Waals surface area contributed by atoms with Crippen molar-refractivity contribution in [2.75, 3.05) is 54.4 Å². The second-order valence-corrected chi connectivity index (χ2v) is 15.1. The van der Waals surface area contributed by atoms with Gasteiger partial charge in [-0.2, -0.15) is 0 Å². The summed E-state index contributed by atoms with van der Waals surface area (Å²) in [5.74, 6) is 0.296. The van der Waals surface area contributed by atoms with Crippen LogP contribution in [-0.2, 0) is 47.3 Å². The molecule has 0 bridgehead atoms. The van der Waals surface area contributed by atoms with Crippen molar-refractivity contribution in [3.63, 3.8) is 0 Å². The number of nitrogens with one attached hydrogen (secondary N) is 1. The third kappa shape index (κ3) is 7.42. The Kier molecular flexibility index (Phi) is 10.2. The van der Waals surface area contributed by atoms with Crippen molar-refractivity contribution >= 4 is 41.0 Å². The van der Waals surface area contributed by atoms with Gasteiger partial charge >= 0.3 is 12.1 Å². The maximum absolute atomic E-state index is 14.1. The van der Waals surface area contributed by atoms with Crippen molar-refractivity contribution in [1.29, 1.82) is 0 Å². The summed E-state index contributed by atoms with van der Waals surface area (Å²) in [4.78, 5) is 66.7. The number of rotatable bonds is 10. The number of carbonyl (C=O) groups is 3. The zero-order valence-corrected chi connectivity index (χ0v) is 31.7. The minimum Gasteiger partial charge on any atom is -0.461 e. The third-order valence-corrected chi connectivity index (χ3v) is 10.5. The summed E-state index contributed by atoms with van der Waals surface area (Å²) in [7, 11) is 1.67. The van der Waals surface area contributed by atoms with Crippen LogP contribution in [-0.4, -0.2) is 81.3 Å². The number of aryl methyl sites for hydroxylation is 1. The molecule has 2 amide bonds. The molecule has 1 fully saturated rings. The fraction of sp³-hybridized carbons (Fsp3) is 0.450. The summed E-state index contributed by atoms with van der Waals surface area (Å²) in [6.45, 7) is 11.7. The first-order chi connectivity index (χ1) is 25.9. The van der Waals surface area contributed by atoms with E-state index >= 15 is 0 Å². The number of hydrogen-bond donors (Lipinski definition) is 1. The molecule has 6 heterocycles. The lowest BCUT2D eigenvalue weighted by molar-refractivity contribution is -0.142. The normalized spacial score (nSPS) is 16.2. The van der Waals surface area contributed by atoms with E-state index in [4.69, 9.17) is 9.47 Å². The smallest absolute Gasteiger partial charge is 0.409 e. The van der Waals surface area contributed by atoms with Gasteiger partial charge in [0, 0.05) is 82.5 Å². The van der Waals surface area contributed by atoms with Gasteiger partial charge in [0.25, 0.3) is 11.5 Å². The number of nitrogens with zero attached hydrogens (tertiary/aromatic N) is 7. The van der Waals surface area contributed by atoms with E-state index in [0.29, 0.717) is 85.6 Å². The van der Waals surface area contributed by atoms with E-state index in [2.05, 4.69) is 45.5 Å². The fourth-order valence-electron chi connectivity index (χ4n) is 7.69. The van der Waals surface area contributed by atoms with Crippen LogP contribution in [0, 0.1) is 5.41 Å². The Labute approximate surface area is 314 Å². The van der Waals surface area contributed by atoms with Crippen LogP contribution in [0.3, 0.4) is 0 Å². The molecule has 3 aliphatic rings. The van der Waals surface area contributed by atoms with E-state index < -0.39 is 5.97 Å². The number of esters is 1. The Morgan fingerprint density at radius 2 is 1.76 bits per heavy atom. The molecule has 4 aromatic heterocycles. The van der Waals surface area contributed by atoms with Gasteiger partial charge in [-0.3, -0.25) is 19.3 Å². The van der Waals surface area contributed by atoms with Crippen molar-refractivity contribution in [3.05, 3.63) is 81.8 Å². The molecule has 14 heteroatoms. The first kappa shape index (κ1) is 36.7. The second-order valence-electron chi connectivity index (χ2n) is 15.1. The summed E-state index contributed by atoms with van der Waals surface area (Å²) < 4.78 is 14.5. The molecule has 0 saturated carbocycles. The molecule has 0 radical (unpaired) electrons. The number of piperazine rings is 1. The van der Waals surface area contributed by atoms with Crippen molar-refractivity contribution in [3.8, 4) is 11.1 Å². The van der Waals surface area contributed by atoms with Crippen molar-refractivity contribution in [2.24, 2.45) is 12.5 Å². The quantitative estimate of drug-likeness (QED) is 0.168. The van der Waals surface area contributed by atoms with Crippen LogP contribution in [0.2, 0.25) is 0 Å². The van der Waals surface area contributed by atoms with E-state index in [0.717, 1.165) is 31.4 Å². The minimum atomic E-state index is -0.460. The number of ether oxygens (including phenoxy) is 2. The topological polar surface area (TPSA) is 144 Å². The highest BCUT2D eigenvalue weighted by molar-refractivity contribution is 6.06. The summed E-state index contributed by atoms with van der Waals surface area (Å²) >= 11 is 0. The summed E-state index contributed by atoms with van der Waals surface area (Å²) in [6.07, 6.45) is 8.52. The molecule has 1 aliphatic carbocycles. The molecule has 0 atom stereocenters. The number of hydrogen-bond acceptors (Lipinski definition) is 10. The zero-order chi connectivity index (χ0) is 38.1. The molecule has 2 aliphatic heterocycles. The molecule has 284 valence electrons. The highest BCUT2D eigenvalue weighted by Gasteiger charge is 2.37. The van der Waals surface area contributed by atoms with Crippen LogP contribution < -0.4 is 20.7 Å². The van der Waals surface area contributed by atoms with E-state index in [1.54, 1.807) is 47.6 Å². The predicted octanol–water partition coefficient (Wildman–Crippen LogP) is 5.29. The lowest BCUT2D eigenvalue weighted by Crippen LogP contribution is -2.49. The highest BCUT2D eigenvalue weighted by atomic mass is 16.6. The van der Waals surface area contributed by atoms with Gasteiger partial charge in [-0.15, -0.1) is 0 Å². The van der Waals surface area contributed by atoms with Gasteiger partial charge in [0.2, 0.25) is 0 Å². The summed E-state index contributed by atoms with van der Waals surface area (Å²) in [5, 5.41) is 3.19. The average Bonchev–Trinajstić information content (AvgIpc) is 3.65. The van der Waals surface area contributed by atoms with Crippen LogP contribution in [0.4, 0.5) is 27.8 Å². The van der Waals surface area contributed by atoms with Gasteiger partial charge in [0.15, 0.2) is 0 Å². The largest absolute Gasteiger partial charge is 0.461 e. The molecular formula is C40H48N8O6. The average molecular weight is 737 g/mol. The van der Waals surface area contributed by atoms with Gasteiger partial charge in [0.1, 0.15) is 29.6 Å². The Balaban J connectivity index is 1.12. The van der Waals surface area contributed by atoms with Crippen LogP contribution in [0.1, 0.15) is 67.8 Å². The molecule has 4 aromatic rings. The maximum atomic E-state index is 14.1. The van der Waals surface area contributed by atoms with Gasteiger partial charge < -0.3 is 33.7 Å². The first-order valence-electron chi connectivity index (χ1n) is 18.7. The van der Waals surface area contributed by atoms with Crippen LogP contribution in [0.15, 0.2) is 53.7 Å². The van der Waals surface area contributed by atoms with Crippen molar-refractivity contribution < 1.29 is 23.9 Å². The minimum absolute atomic E-state index is 0.105. The van der Waals surface area contributed by atoms with Gasteiger partial charge in [-0.25, -0.2) is 14.8 Å². The van der Waals surface area contributed by atoms with E-state index in [1.165, 1.54) is 22.7 Å². The monoisotopic (exact) mass is 736 g/mol.